The maximum absolute atomic E-state index is 7.03. The zero-order chi connectivity index (χ0) is 34.6. The topological polar surface area (TPSA) is 19.1 Å². The molecule has 0 saturated heterocycles. The molecular weight excluding hydrogens is 645 g/mol. The van der Waals surface area contributed by atoms with Crippen LogP contribution in [-0.4, -0.2) is 9.13 Å². The highest BCUT2D eigenvalue weighted by atomic mass is 16.5. The second-order valence-corrected chi connectivity index (χ2v) is 14.1. The third kappa shape index (κ3) is 3.99. The van der Waals surface area contributed by atoms with Gasteiger partial charge >= 0.3 is 0 Å². The molecule has 0 amide bonds. The second kappa shape index (κ2) is 10.7. The molecule has 0 atom stereocenters. The second-order valence-electron chi connectivity index (χ2n) is 14.1. The molecular formula is C50H30N2O. The summed E-state index contributed by atoms with van der Waals surface area (Å²) in [5.41, 5.74) is 11.6. The Labute approximate surface area is 305 Å². The molecule has 3 heteroatoms. The minimum atomic E-state index is 0.874. The van der Waals surface area contributed by atoms with Crippen LogP contribution < -0.4 is 4.74 Å². The molecule has 11 aromatic rings. The molecule has 0 bridgehead atoms. The van der Waals surface area contributed by atoms with E-state index >= 15 is 0 Å². The van der Waals surface area contributed by atoms with Gasteiger partial charge in [0.1, 0.15) is 11.5 Å². The Balaban J connectivity index is 1.08. The van der Waals surface area contributed by atoms with Crippen LogP contribution in [0, 0.1) is 0 Å². The molecule has 1 aliphatic rings. The quantitative estimate of drug-likeness (QED) is 0.183. The van der Waals surface area contributed by atoms with Gasteiger partial charge in [-0.1, -0.05) is 121 Å². The lowest BCUT2D eigenvalue weighted by atomic mass is 9.90. The van der Waals surface area contributed by atoms with Crippen molar-refractivity contribution in [3.05, 3.63) is 182 Å². The van der Waals surface area contributed by atoms with Crippen LogP contribution in [0.3, 0.4) is 0 Å². The largest absolute Gasteiger partial charge is 0.456 e. The van der Waals surface area contributed by atoms with E-state index in [2.05, 4.69) is 191 Å². The Morgan fingerprint density at radius 3 is 1.83 bits per heavy atom. The maximum Gasteiger partial charge on any atom is 0.138 e. The molecule has 0 N–H and O–H groups in total. The molecule has 246 valence electrons. The lowest BCUT2D eigenvalue weighted by molar-refractivity contribution is 0.488. The number of para-hydroxylation sites is 3. The highest BCUT2D eigenvalue weighted by molar-refractivity contribution is 6.25. The number of hydrogen-bond donors (Lipinski definition) is 0. The van der Waals surface area contributed by atoms with Crippen LogP contribution in [0.1, 0.15) is 0 Å². The summed E-state index contributed by atoms with van der Waals surface area (Å²) in [6.45, 7) is 0. The fourth-order valence-electron chi connectivity index (χ4n) is 9.03. The van der Waals surface area contributed by atoms with Gasteiger partial charge in [-0.25, -0.2) is 0 Å². The Hall–Kier alpha value is -7.10. The van der Waals surface area contributed by atoms with Crippen molar-refractivity contribution in [1.29, 1.82) is 0 Å². The molecule has 53 heavy (non-hydrogen) atoms. The zero-order valence-corrected chi connectivity index (χ0v) is 28.6. The van der Waals surface area contributed by atoms with E-state index < -0.39 is 0 Å². The number of hydrogen-bond acceptors (Lipinski definition) is 1. The number of aromatic nitrogens is 2. The SMILES string of the molecule is c1ccc(-n2c3ccccc3c3c(-c4ccc5c(c4)Oc4cc6c(c7cccc-5c47)c4ccccc4n6-c4ccc5ccccc5c4)cccc32)cc1. The zero-order valence-electron chi connectivity index (χ0n) is 28.6. The lowest BCUT2D eigenvalue weighted by Gasteiger charge is -2.23. The molecule has 0 radical (unpaired) electrons. The number of benzene rings is 9. The molecule has 12 rings (SSSR count). The van der Waals surface area contributed by atoms with Crippen LogP contribution in [0.15, 0.2) is 182 Å². The molecule has 0 saturated carbocycles. The van der Waals surface area contributed by atoms with Crippen molar-refractivity contribution in [3.63, 3.8) is 0 Å². The Morgan fingerprint density at radius 1 is 0.321 bits per heavy atom. The monoisotopic (exact) mass is 674 g/mol. The summed E-state index contributed by atoms with van der Waals surface area (Å²) in [5, 5.41) is 9.79. The van der Waals surface area contributed by atoms with Crippen LogP contribution in [-0.2, 0) is 0 Å². The molecule has 1 aliphatic heterocycles. The Morgan fingerprint density at radius 2 is 0.981 bits per heavy atom. The average Bonchev–Trinajstić information content (AvgIpc) is 3.74. The molecule has 0 unspecified atom stereocenters. The summed E-state index contributed by atoms with van der Waals surface area (Å²) in [7, 11) is 0. The van der Waals surface area contributed by atoms with Gasteiger partial charge in [-0.15, -0.1) is 0 Å². The van der Waals surface area contributed by atoms with Crippen LogP contribution in [0.2, 0.25) is 0 Å². The van der Waals surface area contributed by atoms with Gasteiger partial charge in [0.15, 0.2) is 0 Å². The van der Waals surface area contributed by atoms with Crippen molar-refractivity contribution in [2.45, 2.75) is 0 Å². The van der Waals surface area contributed by atoms with Crippen molar-refractivity contribution in [2.75, 3.05) is 0 Å². The van der Waals surface area contributed by atoms with Gasteiger partial charge < -0.3 is 13.9 Å². The van der Waals surface area contributed by atoms with E-state index in [1.54, 1.807) is 0 Å². The van der Waals surface area contributed by atoms with Gasteiger partial charge in [-0.2, -0.15) is 0 Å². The van der Waals surface area contributed by atoms with Crippen LogP contribution in [0.5, 0.6) is 11.5 Å². The standard InChI is InChI=1S/C50H30N2O/c1-2-14-34(15-3-1)51-42-21-8-6-16-39(42)48-36(18-11-23-44(48)51)33-25-27-37-38-19-10-20-41-49-40-17-7-9-22-43(40)52(35-26-24-31-12-4-5-13-32(31)28-35)45(49)30-47(50(38)41)53-46(37)29-33/h1-30H. The van der Waals surface area contributed by atoms with Crippen molar-refractivity contribution < 1.29 is 4.74 Å². The van der Waals surface area contributed by atoms with Gasteiger partial charge in [0.2, 0.25) is 0 Å². The predicted octanol–water partition coefficient (Wildman–Crippen LogP) is 13.6. The van der Waals surface area contributed by atoms with Crippen molar-refractivity contribution in [1.82, 2.24) is 9.13 Å². The Bertz CT molecular complexity index is 3310. The number of rotatable bonds is 3. The van der Waals surface area contributed by atoms with Crippen LogP contribution >= 0.6 is 0 Å². The van der Waals surface area contributed by atoms with Crippen LogP contribution in [0.25, 0.3) is 98.8 Å². The smallest absolute Gasteiger partial charge is 0.138 e. The summed E-state index contributed by atoms with van der Waals surface area (Å²) in [6.07, 6.45) is 0. The summed E-state index contributed by atoms with van der Waals surface area (Å²) in [4.78, 5) is 0. The first kappa shape index (κ1) is 28.6. The van der Waals surface area contributed by atoms with E-state index in [-0.39, 0.29) is 0 Å². The summed E-state index contributed by atoms with van der Waals surface area (Å²) in [6, 6.07) is 65.8. The molecule has 9 aromatic carbocycles. The van der Waals surface area contributed by atoms with Gasteiger partial charge in [0.05, 0.1) is 22.1 Å². The summed E-state index contributed by atoms with van der Waals surface area (Å²) in [5.74, 6) is 1.76. The van der Waals surface area contributed by atoms with E-state index in [0.29, 0.717) is 0 Å². The van der Waals surface area contributed by atoms with Gasteiger partial charge in [-0.3, -0.25) is 0 Å². The minimum Gasteiger partial charge on any atom is -0.456 e. The van der Waals surface area contributed by atoms with E-state index in [1.165, 1.54) is 65.4 Å². The first-order valence-corrected chi connectivity index (χ1v) is 18.2. The highest BCUT2D eigenvalue weighted by Crippen LogP contribution is 2.52. The predicted molar refractivity (Wildman–Crippen MR) is 221 cm³/mol. The van der Waals surface area contributed by atoms with Gasteiger partial charge in [0, 0.05) is 49.9 Å². The molecule has 3 heterocycles. The summed E-state index contributed by atoms with van der Waals surface area (Å²) < 4.78 is 11.8. The van der Waals surface area contributed by atoms with Crippen molar-refractivity contribution >= 4 is 65.2 Å². The fourth-order valence-corrected chi connectivity index (χ4v) is 9.03. The average molecular weight is 675 g/mol. The summed E-state index contributed by atoms with van der Waals surface area (Å²) >= 11 is 0. The normalized spacial score (nSPS) is 12.3. The minimum absolute atomic E-state index is 0.874. The first-order chi connectivity index (χ1) is 26.3. The van der Waals surface area contributed by atoms with Crippen molar-refractivity contribution in [3.8, 4) is 45.1 Å². The fraction of sp³-hybridized carbons (Fsp3) is 0. The van der Waals surface area contributed by atoms with E-state index in [9.17, 15) is 0 Å². The Kier molecular flexibility index (Phi) is 5.77. The molecule has 3 nitrogen and oxygen atoms in total. The van der Waals surface area contributed by atoms with Gasteiger partial charge in [0.25, 0.3) is 0 Å². The van der Waals surface area contributed by atoms with Crippen LogP contribution in [0.4, 0.5) is 0 Å². The number of nitrogens with zero attached hydrogens (tertiary/aromatic N) is 2. The number of fused-ring (bicyclic) bond motifs is 10. The lowest BCUT2D eigenvalue weighted by Crippen LogP contribution is -1.99. The van der Waals surface area contributed by atoms with E-state index in [4.69, 9.17) is 4.74 Å². The molecule has 0 aliphatic carbocycles. The van der Waals surface area contributed by atoms with Gasteiger partial charge in [-0.05, 0) is 87.4 Å². The highest BCUT2D eigenvalue weighted by Gasteiger charge is 2.26. The molecule has 0 spiro atoms. The molecule has 0 fully saturated rings. The first-order valence-electron chi connectivity index (χ1n) is 18.2. The van der Waals surface area contributed by atoms with Crippen molar-refractivity contribution in [2.24, 2.45) is 0 Å². The third-order valence-electron chi connectivity index (χ3n) is 11.3. The number of ether oxygens (including phenoxy) is 1. The molecule has 2 aromatic heterocycles. The maximum atomic E-state index is 7.03. The van der Waals surface area contributed by atoms with E-state index in [0.717, 1.165) is 44.9 Å². The van der Waals surface area contributed by atoms with E-state index in [1.807, 2.05) is 0 Å². The third-order valence-corrected chi connectivity index (χ3v) is 11.3.